The smallest absolute Gasteiger partial charge is 0.416 e. The zero-order chi connectivity index (χ0) is 27.6. The van der Waals surface area contributed by atoms with E-state index in [1.54, 1.807) is 43.5 Å². The van der Waals surface area contributed by atoms with Crippen LogP contribution in [0.3, 0.4) is 0 Å². The third-order valence-electron chi connectivity index (χ3n) is 7.78. The van der Waals surface area contributed by atoms with Crippen molar-refractivity contribution >= 4 is 5.97 Å². The van der Waals surface area contributed by atoms with Gasteiger partial charge in [-0.3, -0.25) is 9.69 Å². The fraction of sp³-hybridized carbons (Fsp3) is 0.448. The van der Waals surface area contributed by atoms with Gasteiger partial charge in [-0.15, -0.1) is 0 Å². The molecule has 208 valence electrons. The van der Waals surface area contributed by atoms with E-state index < -0.39 is 23.6 Å². The quantitative estimate of drug-likeness (QED) is 0.355. The molecule has 1 aliphatic carbocycles. The van der Waals surface area contributed by atoms with Crippen LogP contribution in [0.4, 0.5) is 13.2 Å². The van der Waals surface area contributed by atoms with E-state index in [1.165, 1.54) is 12.3 Å². The van der Waals surface area contributed by atoms with Crippen LogP contribution in [-0.2, 0) is 28.7 Å². The van der Waals surface area contributed by atoms with Crippen LogP contribution in [-0.4, -0.2) is 47.4 Å². The first kappa shape index (κ1) is 27.2. The lowest BCUT2D eigenvalue weighted by atomic mass is 9.92. The van der Waals surface area contributed by atoms with E-state index in [1.807, 2.05) is 0 Å². The van der Waals surface area contributed by atoms with E-state index in [0.717, 1.165) is 29.5 Å². The normalized spacial score (nSPS) is 19.1. The molecule has 0 bridgehead atoms. The predicted molar refractivity (Wildman–Crippen MR) is 135 cm³/mol. The zero-order valence-electron chi connectivity index (χ0n) is 21.6. The number of nitrogens with zero attached hydrogens (tertiary/aromatic N) is 2. The molecule has 0 amide bonds. The molecule has 1 N–H and O–H groups in total. The van der Waals surface area contributed by atoms with Crippen LogP contribution in [0.1, 0.15) is 71.2 Å². The fourth-order valence-corrected chi connectivity index (χ4v) is 5.75. The maximum absolute atomic E-state index is 14.0. The maximum Gasteiger partial charge on any atom is 0.416 e. The highest BCUT2D eigenvalue weighted by atomic mass is 19.4. The van der Waals surface area contributed by atoms with Crippen LogP contribution in [0.5, 0.6) is 5.75 Å². The number of rotatable bonds is 9. The minimum absolute atomic E-state index is 0.143. The number of methoxy groups -OCH3 is 1. The van der Waals surface area contributed by atoms with Crippen molar-refractivity contribution in [1.82, 2.24) is 10.1 Å². The Labute approximate surface area is 224 Å². The highest BCUT2D eigenvalue weighted by Crippen LogP contribution is 2.43. The van der Waals surface area contributed by atoms with Gasteiger partial charge in [0.25, 0.3) is 0 Å². The second-order valence-corrected chi connectivity index (χ2v) is 10.2. The second-order valence-electron chi connectivity index (χ2n) is 10.2. The van der Waals surface area contributed by atoms with E-state index in [9.17, 15) is 23.1 Å². The number of hydrogen-bond donors (Lipinski definition) is 1. The van der Waals surface area contributed by atoms with Crippen molar-refractivity contribution in [3.8, 4) is 5.75 Å². The molecule has 7 nitrogen and oxygen atoms in total. The topological polar surface area (TPSA) is 85.0 Å². The first-order valence-electron chi connectivity index (χ1n) is 13.1. The summed E-state index contributed by atoms with van der Waals surface area (Å²) in [5.41, 5.74) is 2.57. The van der Waals surface area contributed by atoms with Crippen molar-refractivity contribution < 1.29 is 37.1 Å². The van der Waals surface area contributed by atoms with Crippen molar-refractivity contribution in [3.63, 3.8) is 0 Å². The molecule has 1 fully saturated rings. The maximum atomic E-state index is 14.0. The number of ether oxygens (including phenoxy) is 2. The van der Waals surface area contributed by atoms with Gasteiger partial charge < -0.3 is 19.1 Å². The fourth-order valence-electron chi connectivity index (χ4n) is 5.75. The zero-order valence-corrected chi connectivity index (χ0v) is 21.6. The summed E-state index contributed by atoms with van der Waals surface area (Å²) in [5, 5.41) is 13.2. The molecule has 0 unspecified atom stereocenters. The summed E-state index contributed by atoms with van der Waals surface area (Å²) >= 11 is 0. The highest BCUT2D eigenvalue weighted by molar-refractivity contribution is 5.69. The molecule has 1 aliphatic heterocycles. The molecule has 2 atom stereocenters. The molecular formula is C29H31F3N2O5. The predicted octanol–water partition coefficient (Wildman–Crippen LogP) is 5.98. The van der Waals surface area contributed by atoms with Crippen LogP contribution in [0.25, 0.3) is 0 Å². The van der Waals surface area contributed by atoms with Crippen LogP contribution >= 0.6 is 0 Å². The molecule has 5 rings (SSSR count). The minimum atomic E-state index is -4.43. The molecule has 2 aliphatic rings. The van der Waals surface area contributed by atoms with E-state index >= 15 is 0 Å². The molecule has 3 aromatic rings. The van der Waals surface area contributed by atoms with Gasteiger partial charge in [-0.2, -0.15) is 13.2 Å². The average molecular weight is 545 g/mol. The summed E-state index contributed by atoms with van der Waals surface area (Å²) in [5.74, 6) is -0.864. The van der Waals surface area contributed by atoms with Gasteiger partial charge in [0.15, 0.2) is 0 Å². The van der Waals surface area contributed by atoms with Gasteiger partial charge in [0.2, 0.25) is 0 Å². The van der Waals surface area contributed by atoms with Crippen LogP contribution in [0.2, 0.25) is 0 Å². The Kier molecular flexibility index (Phi) is 7.95. The van der Waals surface area contributed by atoms with Gasteiger partial charge in [0.1, 0.15) is 18.1 Å². The number of carbonyl (C=O) groups is 1. The van der Waals surface area contributed by atoms with E-state index in [2.05, 4.69) is 10.1 Å². The molecule has 0 spiro atoms. The Balaban J connectivity index is 1.35. The largest absolute Gasteiger partial charge is 0.486 e. The van der Waals surface area contributed by atoms with E-state index in [-0.39, 0.29) is 25.2 Å². The SMILES string of the molecule is COC1CCN(Cc2c(C(F)(F)F)ccc3c2CC[C@H]3Oc2ccc([C@H](CC(=O)O)c3ccon3)cc2)CC1. The third kappa shape index (κ3) is 6.12. The number of carboxylic acids is 1. The number of fused-ring (bicyclic) bond motifs is 1. The standard InChI is InChI=1S/C29H31F3N2O5/c1-37-19-10-13-34(14-11-19)17-24-21-7-9-27(22(21)6-8-25(24)29(30,31)32)39-20-4-2-18(3-5-20)23(16-28(35)36)26-12-15-38-33-26/h2-6,8,12,15,19,23,27H,7,9-11,13-14,16-17H2,1H3,(H,35,36)/t23-,27+/m0/s1. The molecule has 10 heteroatoms. The van der Waals surface area contributed by atoms with Crippen LogP contribution < -0.4 is 4.74 Å². The Bertz CT molecular complexity index is 1270. The molecule has 1 aromatic heterocycles. The molecule has 0 saturated carbocycles. The molecule has 2 heterocycles. The number of aromatic nitrogens is 1. The lowest BCUT2D eigenvalue weighted by Gasteiger charge is -2.32. The molecular weight excluding hydrogens is 513 g/mol. The van der Waals surface area contributed by atoms with Gasteiger partial charge in [-0.05, 0) is 66.1 Å². The number of likely N-dealkylation sites (tertiary alicyclic amines) is 1. The molecule has 39 heavy (non-hydrogen) atoms. The van der Waals surface area contributed by atoms with Gasteiger partial charge in [0.05, 0.1) is 23.8 Å². The first-order valence-corrected chi connectivity index (χ1v) is 13.1. The monoisotopic (exact) mass is 544 g/mol. The van der Waals surface area contributed by atoms with Crippen molar-refractivity contribution in [3.05, 3.63) is 82.2 Å². The number of halogens is 3. The van der Waals surface area contributed by atoms with Gasteiger partial charge in [0, 0.05) is 38.7 Å². The Morgan fingerprint density at radius 1 is 1.13 bits per heavy atom. The summed E-state index contributed by atoms with van der Waals surface area (Å²) in [6, 6.07) is 11.5. The second kappa shape index (κ2) is 11.4. The number of benzene rings is 2. The third-order valence-corrected chi connectivity index (χ3v) is 7.78. The Morgan fingerprint density at radius 3 is 2.49 bits per heavy atom. The summed E-state index contributed by atoms with van der Waals surface area (Å²) < 4.78 is 58.5. The number of aliphatic carboxylic acids is 1. The number of piperidine rings is 1. The van der Waals surface area contributed by atoms with Gasteiger partial charge in [-0.25, -0.2) is 0 Å². The van der Waals surface area contributed by atoms with Crippen molar-refractivity contribution in [2.75, 3.05) is 20.2 Å². The summed E-state index contributed by atoms with van der Waals surface area (Å²) in [6.45, 7) is 1.65. The Morgan fingerprint density at radius 2 is 1.87 bits per heavy atom. The van der Waals surface area contributed by atoms with Crippen LogP contribution in [0.15, 0.2) is 53.3 Å². The number of alkyl halides is 3. The highest BCUT2D eigenvalue weighted by Gasteiger charge is 2.38. The van der Waals surface area contributed by atoms with E-state index in [4.69, 9.17) is 14.0 Å². The first-order chi connectivity index (χ1) is 18.7. The van der Waals surface area contributed by atoms with Crippen LogP contribution in [0, 0.1) is 0 Å². The average Bonchev–Trinajstić information content (AvgIpc) is 3.59. The van der Waals surface area contributed by atoms with E-state index in [0.29, 0.717) is 42.9 Å². The summed E-state index contributed by atoms with van der Waals surface area (Å²) in [4.78, 5) is 13.5. The summed E-state index contributed by atoms with van der Waals surface area (Å²) in [6.07, 6.45) is -0.676. The molecule has 2 aromatic carbocycles. The lowest BCUT2D eigenvalue weighted by molar-refractivity contribution is -0.139. The molecule has 0 radical (unpaired) electrons. The minimum Gasteiger partial charge on any atom is -0.486 e. The number of carboxylic acid groups (broad SMARTS) is 1. The van der Waals surface area contributed by atoms with Crippen molar-refractivity contribution in [2.45, 2.75) is 63.0 Å². The summed E-state index contributed by atoms with van der Waals surface area (Å²) in [7, 11) is 1.67. The molecule has 1 saturated heterocycles. The van der Waals surface area contributed by atoms with Crippen molar-refractivity contribution in [1.29, 1.82) is 0 Å². The Hall–Kier alpha value is -3.37. The lowest BCUT2D eigenvalue weighted by Crippen LogP contribution is -2.36. The van der Waals surface area contributed by atoms with Gasteiger partial charge >= 0.3 is 12.1 Å². The van der Waals surface area contributed by atoms with Crippen molar-refractivity contribution in [2.24, 2.45) is 0 Å². The number of hydrogen-bond acceptors (Lipinski definition) is 6. The van der Waals surface area contributed by atoms with Gasteiger partial charge in [-0.1, -0.05) is 23.4 Å².